The molecule has 0 amide bonds. The van der Waals surface area contributed by atoms with Gasteiger partial charge in [-0.15, -0.1) is 0 Å². The van der Waals surface area contributed by atoms with Gasteiger partial charge in [-0.25, -0.2) is 0 Å². The van der Waals surface area contributed by atoms with Crippen LogP contribution in [0, 0.1) is 34.5 Å². The molecule has 3 saturated carbocycles. The molecular weight excluding hydrogens is 344 g/mol. The van der Waals surface area contributed by atoms with E-state index in [9.17, 15) is 9.59 Å². The van der Waals surface area contributed by atoms with Crippen LogP contribution >= 0.6 is 0 Å². The fourth-order valence-electron chi connectivity index (χ4n) is 7.79. The molecule has 0 N–H and O–H groups in total. The maximum atomic E-state index is 13.3. The summed E-state index contributed by atoms with van der Waals surface area (Å²) in [5.41, 5.74) is 2.70. The Morgan fingerprint density at radius 2 is 1.71 bits per heavy atom. The van der Waals surface area contributed by atoms with Gasteiger partial charge in [0.2, 0.25) is 0 Å². The van der Waals surface area contributed by atoms with Gasteiger partial charge in [-0.3, -0.25) is 9.59 Å². The summed E-state index contributed by atoms with van der Waals surface area (Å²) in [5.74, 6) is 2.97. The van der Waals surface area contributed by atoms with Crippen molar-refractivity contribution < 1.29 is 9.59 Å². The largest absolute Gasteiger partial charge is 0.295 e. The number of ketones is 2. The zero-order valence-corrected chi connectivity index (χ0v) is 17.2. The lowest BCUT2D eigenvalue weighted by molar-refractivity contribution is -0.117. The minimum absolute atomic E-state index is 0.149. The van der Waals surface area contributed by atoms with Crippen LogP contribution in [0.4, 0.5) is 0 Å². The molecular formula is C26H32O2. The number of rotatable bonds is 2. The molecule has 0 saturated heterocycles. The number of carbonyl (C=O) groups is 2. The second-order valence-electron chi connectivity index (χ2n) is 10.4. The predicted molar refractivity (Wildman–Crippen MR) is 111 cm³/mol. The quantitative estimate of drug-likeness (QED) is 0.592. The maximum Gasteiger partial charge on any atom is 0.166 e. The molecule has 0 radical (unpaired) electrons. The Balaban J connectivity index is 1.44. The fraction of sp³-hybridized carbons (Fsp3) is 0.615. The van der Waals surface area contributed by atoms with Crippen molar-refractivity contribution in [3.63, 3.8) is 0 Å². The van der Waals surface area contributed by atoms with Crippen molar-refractivity contribution in [2.45, 2.75) is 65.2 Å². The summed E-state index contributed by atoms with van der Waals surface area (Å²) in [6.45, 7) is 4.86. The topological polar surface area (TPSA) is 34.1 Å². The first kappa shape index (κ1) is 18.3. The van der Waals surface area contributed by atoms with E-state index < -0.39 is 0 Å². The van der Waals surface area contributed by atoms with E-state index in [1.807, 2.05) is 36.4 Å². The van der Waals surface area contributed by atoms with E-state index in [1.54, 1.807) is 0 Å². The summed E-state index contributed by atoms with van der Waals surface area (Å²) in [6.07, 6.45) is 10.7. The van der Waals surface area contributed by atoms with E-state index >= 15 is 0 Å². The third kappa shape index (κ3) is 2.52. The van der Waals surface area contributed by atoms with Crippen LogP contribution in [0.5, 0.6) is 0 Å². The molecule has 0 heterocycles. The van der Waals surface area contributed by atoms with E-state index in [2.05, 4.69) is 13.8 Å². The van der Waals surface area contributed by atoms with Crippen molar-refractivity contribution in [2.24, 2.45) is 34.5 Å². The molecule has 0 aromatic heterocycles. The molecule has 3 fully saturated rings. The molecule has 2 heteroatoms. The molecule has 2 nitrogen and oxygen atoms in total. The molecule has 0 aliphatic heterocycles. The van der Waals surface area contributed by atoms with E-state index in [-0.39, 0.29) is 16.7 Å². The van der Waals surface area contributed by atoms with Crippen LogP contribution in [0.1, 0.15) is 75.6 Å². The van der Waals surface area contributed by atoms with Crippen molar-refractivity contribution in [3.05, 3.63) is 47.5 Å². The average molecular weight is 377 g/mol. The van der Waals surface area contributed by atoms with Gasteiger partial charge >= 0.3 is 0 Å². The Hall–Kier alpha value is -1.70. The molecule has 5 rings (SSSR count). The highest BCUT2D eigenvalue weighted by Crippen LogP contribution is 2.66. The average Bonchev–Trinajstić information content (AvgIpc) is 3.06. The monoisotopic (exact) mass is 376 g/mol. The summed E-state index contributed by atoms with van der Waals surface area (Å²) in [7, 11) is 0. The van der Waals surface area contributed by atoms with Crippen LogP contribution < -0.4 is 0 Å². The minimum Gasteiger partial charge on any atom is -0.295 e. The number of Topliss-reactive ketones (excluding diaryl/α,β-unsaturated/α-hetero) is 1. The number of hydrogen-bond donors (Lipinski definition) is 0. The number of allylic oxidation sites excluding steroid dienone is 1. The third-order valence-corrected chi connectivity index (χ3v) is 9.34. The molecule has 4 aliphatic carbocycles. The molecule has 0 bridgehead atoms. The van der Waals surface area contributed by atoms with Crippen molar-refractivity contribution in [3.8, 4) is 0 Å². The molecule has 1 unspecified atom stereocenters. The minimum atomic E-state index is 0.149. The van der Waals surface area contributed by atoms with Gasteiger partial charge in [0, 0.05) is 17.9 Å². The van der Waals surface area contributed by atoms with Crippen LogP contribution in [-0.4, -0.2) is 11.6 Å². The second-order valence-corrected chi connectivity index (χ2v) is 10.4. The van der Waals surface area contributed by atoms with Gasteiger partial charge in [-0.2, -0.15) is 0 Å². The number of benzene rings is 1. The van der Waals surface area contributed by atoms with Gasteiger partial charge in [-0.1, -0.05) is 49.8 Å². The fourth-order valence-corrected chi connectivity index (χ4v) is 7.79. The predicted octanol–water partition coefficient (Wildman–Crippen LogP) is 6.02. The number of hydrogen-bond acceptors (Lipinski definition) is 2. The van der Waals surface area contributed by atoms with E-state index in [0.717, 1.165) is 37.2 Å². The van der Waals surface area contributed by atoms with E-state index in [1.165, 1.54) is 31.3 Å². The Labute approximate surface area is 168 Å². The molecule has 1 aromatic carbocycles. The number of carbonyl (C=O) groups excluding carboxylic acids is 2. The van der Waals surface area contributed by atoms with E-state index in [4.69, 9.17) is 0 Å². The molecule has 4 aliphatic rings. The van der Waals surface area contributed by atoms with Crippen molar-refractivity contribution >= 4 is 11.6 Å². The normalized spacial score (nSPS) is 42.2. The van der Waals surface area contributed by atoms with Crippen molar-refractivity contribution in [2.75, 3.05) is 0 Å². The van der Waals surface area contributed by atoms with Crippen LogP contribution in [0.3, 0.4) is 0 Å². The third-order valence-electron chi connectivity index (χ3n) is 9.34. The Morgan fingerprint density at radius 3 is 2.50 bits per heavy atom. The first-order valence-electron chi connectivity index (χ1n) is 11.3. The van der Waals surface area contributed by atoms with Crippen molar-refractivity contribution in [1.82, 2.24) is 0 Å². The van der Waals surface area contributed by atoms with Crippen LogP contribution in [0.2, 0.25) is 0 Å². The summed E-state index contributed by atoms with van der Waals surface area (Å²) in [6, 6.07) is 9.94. The molecule has 6 atom stereocenters. The van der Waals surface area contributed by atoms with Crippen LogP contribution in [0.15, 0.2) is 42.0 Å². The summed E-state index contributed by atoms with van der Waals surface area (Å²) in [4.78, 5) is 25.3. The van der Waals surface area contributed by atoms with Gasteiger partial charge in [0.1, 0.15) is 0 Å². The lowest BCUT2D eigenvalue weighted by Crippen LogP contribution is -2.51. The zero-order valence-electron chi connectivity index (χ0n) is 17.2. The Morgan fingerprint density at radius 1 is 0.929 bits per heavy atom. The first-order chi connectivity index (χ1) is 13.4. The summed E-state index contributed by atoms with van der Waals surface area (Å²) >= 11 is 0. The maximum absolute atomic E-state index is 13.3. The lowest BCUT2D eigenvalue weighted by atomic mass is 9.46. The zero-order chi connectivity index (χ0) is 19.5. The standard InChI is InChI=1S/C26H32O2/c1-25-14-12-19(27)16-18(25)8-9-20-21-10-11-23(26(21,2)15-13-22(20)25)24(28)17-6-4-3-5-7-17/h3-7,16,20-23H,8-15H2,1-2H3/t20-,21-,22+,23?,25-,26-/m0/s1. The lowest BCUT2D eigenvalue weighted by Gasteiger charge is -2.58. The highest BCUT2D eigenvalue weighted by molar-refractivity contribution is 5.98. The van der Waals surface area contributed by atoms with Gasteiger partial charge in [0.25, 0.3) is 0 Å². The second kappa shape index (κ2) is 6.40. The molecule has 0 spiro atoms. The molecule has 148 valence electrons. The van der Waals surface area contributed by atoms with Gasteiger partial charge in [0.05, 0.1) is 0 Å². The Kier molecular flexibility index (Phi) is 4.19. The highest BCUT2D eigenvalue weighted by atomic mass is 16.1. The summed E-state index contributed by atoms with van der Waals surface area (Å²) in [5, 5.41) is 0. The Bertz CT molecular complexity index is 837. The van der Waals surface area contributed by atoms with Crippen molar-refractivity contribution in [1.29, 1.82) is 0 Å². The van der Waals surface area contributed by atoms with E-state index in [0.29, 0.717) is 23.4 Å². The summed E-state index contributed by atoms with van der Waals surface area (Å²) < 4.78 is 0. The van der Waals surface area contributed by atoms with Gasteiger partial charge in [0.15, 0.2) is 11.6 Å². The molecule has 1 aromatic rings. The number of fused-ring (bicyclic) bond motifs is 5. The van der Waals surface area contributed by atoms with Crippen LogP contribution in [-0.2, 0) is 4.79 Å². The molecule has 28 heavy (non-hydrogen) atoms. The van der Waals surface area contributed by atoms with Gasteiger partial charge in [-0.05, 0) is 79.6 Å². The SMILES string of the molecule is C[C@]12CCC(=O)C=C1CC[C@@H]1[C@H]2CC[C@]2(C)C(C(=O)c3ccccc3)CC[C@@H]12. The van der Waals surface area contributed by atoms with Crippen LogP contribution in [0.25, 0.3) is 0 Å². The first-order valence-corrected chi connectivity index (χ1v) is 11.3. The van der Waals surface area contributed by atoms with Gasteiger partial charge < -0.3 is 0 Å². The highest BCUT2D eigenvalue weighted by Gasteiger charge is 2.60. The smallest absolute Gasteiger partial charge is 0.166 e.